The largest absolute Gasteiger partial charge is 0.493 e. The molecule has 1 N–H and O–H groups in total. The number of rotatable bonds is 5. The summed E-state index contributed by atoms with van der Waals surface area (Å²) in [5.41, 5.74) is 1.37. The van der Waals surface area contributed by atoms with Crippen molar-refractivity contribution in [1.82, 2.24) is 4.90 Å². The number of para-hydroxylation sites is 2. The number of piperidine rings is 1. The van der Waals surface area contributed by atoms with Crippen LogP contribution in [0.1, 0.15) is 18.4 Å². The van der Waals surface area contributed by atoms with Gasteiger partial charge in [0.05, 0.1) is 19.6 Å². The SMILES string of the molecule is COc1cccc(OC)c1OCC(=O)N1CCC2(CC1)C(=O)Nc1ccccc12. The summed E-state index contributed by atoms with van der Waals surface area (Å²) in [6.07, 6.45) is 1.19. The highest BCUT2D eigenvalue weighted by atomic mass is 16.5. The van der Waals surface area contributed by atoms with Crippen molar-refractivity contribution in [2.75, 3.05) is 39.2 Å². The van der Waals surface area contributed by atoms with Crippen LogP contribution in [0.3, 0.4) is 0 Å². The van der Waals surface area contributed by atoms with Crippen LogP contribution in [0, 0.1) is 0 Å². The average molecular weight is 396 g/mol. The number of methoxy groups -OCH3 is 2. The van der Waals surface area contributed by atoms with E-state index in [0.717, 1.165) is 11.3 Å². The van der Waals surface area contributed by atoms with Crippen molar-refractivity contribution in [3.63, 3.8) is 0 Å². The minimum atomic E-state index is -0.542. The average Bonchev–Trinajstić information content (AvgIpc) is 3.03. The molecule has 2 amide bonds. The smallest absolute Gasteiger partial charge is 0.260 e. The van der Waals surface area contributed by atoms with Gasteiger partial charge >= 0.3 is 0 Å². The minimum Gasteiger partial charge on any atom is -0.493 e. The number of fused-ring (bicyclic) bond motifs is 2. The zero-order valence-electron chi connectivity index (χ0n) is 16.6. The first kappa shape index (κ1) is 19.1. The molecule has 2 aliphatic rings. The van der Waals surface area contributed by atoms with E-state index in [-0.39, 0.29) is 18.4 Å². The van der Waals surface area contributed by atoms with Gasteiger partial charge in [-0.2, -0.15) is 0 Å². The van der Waals surface area contributed by atoms with Crippen molar-refractivity contribution in [2.24, 2.45) is 0 Å². The van der Waals surface area contributed by atoms with Crippen molar-refractivity contribution in [2.45, 2.75) is 18.3 Å². The van der Waals surface area contributed by atoms with Crippen molar-refractivity contribution >= 4 is 17.5 Å². The van der Waals surface area contributed by atoms with Gasteiger partial charge in [0, 0.05) is 18.8 Å². The van der Waals surface area contributed by atoms with Gasteiger partial charge in [0.2, 0.25) is 11.7 Å². The standard InChI is InChI=1S/C22H24N2O5/c1-27-17-8-5-9-18(28-2)20(17)29-14-19(25)24-12-10-22(11-13-24)15-6-3-4-7-16(15)23-21(22)26/h3-9H,10-14H2,1-2H3,(H,23,26). The molecule has 7 heteroatoms. The molecule has 7 nitrogen and oxygen atoms in total. The van der Waals surface area contributed by atoms with Crippen molar-refractivity contribution in [1.29, 1.82) is 0 Å². The normalized spacial score (nSPS) is 16.9. The first-order valence-corrected chi connectivity index (χ1v) is 9.61. The summed E-state index contributed by atoms with van der Waals surface area (Å²) in [4.78, 5) is 27.1. The molecule has 0 unspecified atom stereocenters. The van der Waals surface area contributed by atoms with Crippen LogP contribution in [-0.4, -0.2) is 50.6 Å². The molecule has 4 rings (SSSR count). The number of nitrogens with one attached hydrogen (secondary N) is 1. The molecule has 0 saturated carbocycles. The molecule has 2 heterocycles. The first-order valence-electron chi connectivity index (χ1n) is 9.61. The second-order valence-corrected chi connectivity index (χ2v) is 7.24. The Hall–Kier alpha value is -3.22. The van der Waals surface area contributed by atoms with Crippen LogP contribution in [-0.2, 0) is 15.0 Å². The van der Waals surface area contributed by atoms with Crippen LogP contribution in [0.4, 0.5) is 5.69 Å². The maximum absolute atomic E-state index is 12.7. The summed E-state index contributed by atoms with van der Waals surface area (Å²) in [7, 11) is 3.08. The predicted octanol–water partition coefficient (Wildman–Crippen LogP) is 2.60. The van der Waals surface area contributed by atoms with E-state index in [4.69, 9.17) is 14.2 Å². The molecule has 0 aliphatic carbocycles. The van der Waals surface area contributed by atoms with E-state index in [0.29, 0.717) is 43.2 Å². The van der Waals surface area contributed by atoms with Crippen LogP contribution >= 0.6 is 0 Å². The first-order chi connectivity index (χ1) is 14.1. The lowest BCUT2D eigenvalue weighted by Gasteiger charge is -2.38. The van der Waals surface area contributed by atoms with Gasteiger partial charge < -0.3 is 24.4 Å². The number of anilines is 1. The molecule has 0 atom stereocenters. The molecule has 0 bridgehead atoms. The molecular formula is C22H24N2O5. The number of carbonyl (C=O) groups is 2. The quantitative estimate of drug-likeness (QED) is 0.841. The molecule has 0 radical (unpaired) electrons. The number of likely N-dealkylation sites (tertiary alicyclic amines) is 1. The van der Waals surface area contributed by atoms with Crippen molar-refractivity contribution in [3.05, 3.63) is 48.0 Å². The summed E-state index contributed by atoms with van der Waals surface area (Å²) in [6.45, 7) is 0.895. The molecular weight excluding hydrogens is 372 g/mol. The minimum absolute atomic E-state index is 0.0285. The lowest BCUT2D eigenvalue weighted by molar-refractivity contribution is -0.137. The molecule has 0 aromatic heterocycles. The van der Waals surface area contributed by atoms with E-state index >= 15 is 0 Å². The number of carbonyl (C=O) groups excluding carboxylic acids is 2. The zero-order chi connectivity index (χ0) is 20.4. The van der Waals surface area contributed by atoms with Gasteiger partial charge in [0.1, 0.15) is 0 Å². The van der Waals surface area contributed by atoms with Gasteiger partial charge in [0.15, 0.2) is 18.1 Å². The van der Waals surface area contributed by atoms with Crippen LogP contribution < -0.4 is 19.5 Å². The summed E-state index contributed by atoms with van der Waals surface area (Å²) in [5.74, 6) is 1.33. The highest BCUT2D eigenvalue weighted by Crippen LogP contribution is 2.44. The molecule has 1 spiro atoms. The van der Waals surface area contributed by atoms with E-state index in [9.17, 15) is 9.59 Å². The molecule has 152 valence electrons. The Kier molecular flexibility index (Phi) is 5.05. The Bertz CT molecular complexity index is 912. The molecule has 2 aromatic rings. The highest BCUT2D eigenvalue weighted by Gasteiger charge is 2.48. The van der Waals surface area contributed by atoms with Gasteiger partial charge in [-0.1, -0.05) is 24.3 Å². The third-order valence-electron chi connectivity index (χ3n) is 5.82. The topological polar surface area (TPSA) is 77.1 Å². The van der Waals surface area contributed by atoms with E-state index in [1.54, 1.807) is 23.1 Å². The van der Waals surface area contributed by atoms with Gasteiger partial charge in [-0.3, -0.25) is 9.59 Å². The second-order valence-electron chi connectivity index (χ2n) is 7.24. The van der Waals surface area contributed by atoms with E-state index in [1.165, 1.54) is 14.2 Å². The number of hydrogen-bond acceptors (Lipinski definition) is 5. The monoisotopic (exact) mass is 396 g/mol. The number of ether oxygens (including phenoxy) is 3. The Labute approximate surface area is 169 Å². The van der Waals surface area contributed by atoms with E-state index in [2.05, 4.69) is 5.32 Å². The Morgan fingerprint density at radius 2 is 1.69 bits per heavy atom. The lowest BCUT2D eigenvalue weighted by atomic mass is 9.73. The predicted molar refractivity (Wildman–Crippen MR) is 108 cm³/mol. The van der Waals surface area contributed by atoms with Gasteiger partial charge in [-0.05, 0) is 36.6 Å². The van der Waals surface area contributed by atoms with Gasteiger partial charge in [-0.25, -0.2) is 0 Å². The summed E-state index contributed by atoms with van der Waals surface area (Å²) in [5, 5.41) is 2.98. The van der Waals surface area contributed by atoms with Gasteiger partial charge in [0.25, 0.3) is 5.91 Å². The molecule has 2 aliphatic heterocycles. The molecule has 2 aromatic carbocycles. The number of amides is 2. The number of hydrogen-bond donors (Lipinski definition) is 1. The maximum atomic E-state index is 12.7. The fourth-order valence-corrected chi connectivity index (χ4v) is 4.19. The van der Waals surface area contributed by atoms with E-state index < -0.39 is 5.41 Å². The van der Waals surface area contributed by atoms with Crippen LogP contribution in [0.2, 0.25) is 0 Å². The van der Waals surface area contributed by atoms with E-state index in [1.807, 2.05) is 24.3 Å². The molecule has 1 fully saturated rings. The van der Waals surface area contributed by atoms with Crippen LogP contribution in [0.5, 0.6) is 17.2 Å². The van der Waals surface area contributed by atoms with Crippen LogP contribution in [0.25, 0.3) is 0 Å². The Morgan fingerprint density at radius 1 is 1.03 bits per heavy atom. The van der Waals surface area contributed by atoms with Crippen LogP contribution in [0.15, 0.2) is 42.5 Å². The fraction of sp³-hybridized carbons (Fsp3) is 0.364. The molecule has 29 heavy (non-hydrogen) atoms. The van der Waals surface area contributed by atoms with Crippen molar-refractivity contribution < 1.29 is 23.8 Å². The maximum Gasteiger partial charge on any atom is 0.260 e. The molecule has 1 saturated heterocycles. The summed E-state index contributed by atoms with van der Waals surface area (Å²) >= 11 is 0. The van der Waals surface area contributed by atoms with Crippen molar-refractivity contribution in [3.8, 4) is 17.2 Å². The van der Waals surface area contributed by atoms with Gasteiger partial charge in [-0.15, -0.1) is 0 Å². The number of nitrogens with zero attached hydrogens (tertiary/aromatic N) is 1. The third kappa shape index (κ3) is 3.26. The fourth-order valence-electron chi connectivity index (χ4n) is 4.19. The summed E-state index contributed by atoms with van der Waals surface area (Å²) < 4.78 is 16.3. The zero-order valence-corrected chi connectivity index (χ0v) is 16.6. The lowest BCUT2D eigenvalue weighted by Crippen LogP contribution is -2.49. The highest BCUT2D eigenvalue weighted by molar-refractivity contribution is 6.06. The Balaban J connectivity index is 1.41. The number of benzene rings is 2. The second kappa shape index (κ2) is 7.66. The Morgan fingerprint density at radius 3 is 2.34 bits per heavy atom. The summed E-state index contributed by atoms with van der Waals surface area (Å²) in [6, 6.07) is 13.1. The third-order valence-corrected chi connectivity index (χ3v) is 5.82.